The highest BCUT2D eigenvalue weighted by atomic mass is 16.4. The topological polar surface area (TPSA) is 68.0 Å². The Kier molecular flexibility index (Phi) is 4.56. The molecule has 0 bridgehead atoms. The fourth-order valence-electron chi connectivity index (χ4n) is 2.96. The quantitative estimate of drug-likeness (QED) is 0.887. The van der Waals surface area contributed by atoms with E-state index in [1.54, 1.807) is 6.33 Å². The molecule has 1 saturated carbocycles. The average molecular weight is 265 g/mol. The number of aromatic nitrogens is 3. The predicted octanol–water partition coefficient (Wildman–Crippen LogP) is 2.37. The van der Waals surface area contributed by atoms with Crippen molar-refractivity contribution in [2.24, 2.45) is 17.8 Å². The highest BCUT2D eigenvalue weighted by Gasteiger charge is 2.31. The summed E-state index contributed by atoms with van der Waals surface area (Å²) >= 11 is 0. The summed E-state index contributed by atoms with van der Waals surface area (Å²) in [5.41, 5.74) is 0. The van der Waals surface area contributed by atoms with E-state index in [4.69, 9.17) is 0 Å². The standard InChI is InChI=1S/C14H23N3O2/c1-10(2)8-17-13(15-9-16-17)7-11-5-3-4-6-12(11)14(18)19/h9-12H,3-8H2,1-2H3,(H,18,19). The van der Waals surface area contributed by atoms with E-state index in [9.17, 15) is 9.90 Å². The molecule has 0 aliphatic heterocycles. The first-order valence-electron chi connectivity index (χ1n) is 7.17. The van der Waals surface area contributed by atoms with E-state index >= 15 is 0 Å². The summed E-state index contributed by atoms with van der Waals surface area (Å²) in [6.45, 7) is 5.14. The van der Waals surface area contributed by atoms with E-state index in [2.05, 4.69) is 23.9 Å². The molecule has 0 radical (unpaired) electrons. The fraction of sp³-hybridized carbons (Fsp3) is 0.786. The van der Waals surface area contributed by atoms with Crippen LogP contribution in [-0.2, 0) is 17.8 Å². The zero-order chi connectivity index (χ0) is 13.8. The Morgan fingerprint density at radius 1 is 1.47 bits per heavy atom. The van der Waals surface area contributed by atoms with Gasteiger partial charge in [-0.05, 0) is 24.7 Å². The molecule has 0 aromatic carbocycles. The highest BCUT2D eigenvalue weighted by Crippen LogP contribution is 2.32. The van der Waals surface area contributed by atoms with E-state index in [1.807, 2.05) is 4.68 Å². The molecule has 1 aliphatic carbocycles. The maximum Gasteiger partial charge on any atom is 0.306 e. The van der Waals surface area contributed by atoms with Crippen molar-refractivity contribution in [2.45, 2.75) is 52.5 Å². The predicted molar refractivity (Wildman–Crippen MR) is 71.6 cm³/mol. The van der Waals surface area contributed by atoms with Gasteiger partial charge in [0.05, 0.1) is 5.92 Å². The molecule has 2 rings (SSSR count). The number of aliphatic carboxylic acids is 1. The maximum absolute atomic E-state index is 11.3. The molecule has 5 nitrogen and oxygen atoms in total. The van der Waals surface area contributed by atoms with Gasteiger partial charge < -0.3 is 5.11 Å². The molecule has 1 fully saturated rings. The number of hydrogen-bond acceptors (Lipinski definition) is 3. The molecule has 1 aliphatic rings. The number of hydrogen-bond donors (Lipinski definition) is 1. The molecule has 2 atom stereocenters. The second kappa shape index (κ2) is 6.17. The van der Waals surface area contributed by atoms with Crippen LogP contribution >= 0.6 is 0 Å². The molecule has 5 heteroatoms. The van der Waals surface area contributed by atoms with Crippen LogP contribution in [0.15, 0.2) is 6.33 Å². The fourth-order valence-corrected chi connectivity index (χ4v) is 2.96. The van der Waals surface area contributed by atoms with Crippen molar-refractivity contribution in [1.82, 2.24) is 14.8 Å². The van der Waals surface area contributed by atoms with Gasteiger partial charge in [-0.2, -0.15) is 5.10 Å². The second-order valence-electron chi connectivity index (χ2n) is 5.95. The summed E-state index contributed by atoms with van der Waals surface area (Å²) in [6.07, 6.45) is 6.28. The average Bonchev–Trinajstić information content (AvgIpc) is 2.76. The van der Waals surface area contributed by atoms with Crippen LogP contribution in [0.4, 0.5) is 0 Å². The monoisotopic (exact) mass is 265 g/mol. The summed E-state index contributed by atoms with van der Waals surface area (Å²) in [5, 5.41) is 13.6. The van der Waals surface area contributed by atoms with Gasteiger partial charge in [-0.15, -0.1) is 0 Å². The van der Waals surface area contributed by atoms with Gasteiger partial charge in [0.15, 0.2) is 0 Å². The largest absolute Gasteiger partial charge is 0.481 e. The molecule has 1 N–H and O–H groups in total. The van der Waals surface area contributed by atoms with Gasteiger partial charge in [0, 0.05) is 13.0 Å². The summed E-state index contributed by atoms with van der Waals surface area (Å²) in [7, 11) is 0. The summed E-state index contributed by atoms with van der Waals surface area (Å²) in [4.78, 5) is 15.6. The minimum absolute atomic E-state index is 0.210. The van der Waals surface area contributed by atoms with Crippen molar-refractivity contribution >= 4 is 5.97 Å². The first kappa shape index (κ1) is 14.0. The molecule has 1 heterocycles. The Labute approximate surface area is 114 Å². The number of rotatable bonds is 5. The van der Waals surface area contributed by atoms with Crippen molar-refractivity contribution in [3.05, 3.63) is 12.2 Å². The highest BCUT2D eigenvalue weighted by molar-refractivity contribution is 5.70. The van der Waals surface area contributed by atoms with E-state index in [1.165, 1.54) is 0 Å². The Bertz CT molecular complexity index is 428. The third-order valence-electron chi connectivity index (χ3n) is 3.90. The van der Waals surface area contributed by atoms with E-state index in [0.29, 0.717) is 5.92 Å². The van der Waals surface area contributed by atoms with Gasteiger partial charge >= 0.3 is 5.97 Å². The van der Waals surface area contributed by atoms with Gasteiger partial charge in [-0.25, -0.2) is 9.67 Å². The molecule has 106 valence electrons. The molecule has 19 heavy (non-hydrogen) atoms. The lowest BCUT2D eigenvalue weighted by atomic mass is 9.77. The first-order valence-corrected chi connectivity index (χ1v) is 7.17. The van der Waals surface area contributed by atoms with Gasteiger partial charge in [0.1, 0.15) is 12.2 Å². The number of nitrogens with zero attached hydrogens (tertiary/aromatic N) is 3. The lowest BCUT2D eigenvalue weighted by Crippen LogP contribution is -2.29. The molecule has 0 amide bonds. The molecule has 2 unspecified atom stereocenters. The van der Waals surface area contributed by atoms with Crippen LogP contribution in [0.25, 0.3) is 0 Å². The molecule has 0 spiro atoms. The Hall–Kier alpha value is -1.39. The molecular weight excluding hydrogens is 242 g/mol. The SMILES string of the molecule is CC(C)Cn1ncnc1CC1CCCCC1C(=O)O. The number of carboxylic acids is 1. The van der Waals surface area contributed by atoms with Crippen LogP contribution in [-0.4, -0.2) is 25.8 Å². The third-order valence-corrected chi connectivity index (χ3v) is 3.90. The molecule has 0 saturated heterocycles. The summed E-state index contributed by atoms with van der Waals surface area (Å²) < 4.78 is 1.93. The van der Waals surface area contributed by atoms with Crippen LogP contribution in [0.2, 0.25) is 0 Å². The second-order valence-corrected chi connectivity index (χ2v) is 5.95. The molecular formula is C14H23N3O2. The lowest BCUT2D eigenvalue weighted by molar-refractivity contribution is -0.144. The van der Waals surface area contributed by atoms with Gasteiger partial charge in [0.25, 0.3) is 0 Å². The maximum atomic E-state index is 11.3. The lowest BCUT2D eigenvalue weighted by Gasteiger charge is -2.28. The minimum Gasteiger partial charge on any atom is -0.481 e. The normalized spacial score (nSPS) is 23.7. The van der Waals surface area contributed by atoms with Crippen molar-refractivity contribution in [3.8, 4) is 0 Å². The first-order chi connectivity index (χ1) is 9.08. The number of carbonyl (C=O) groups is 1. The van der Waals surface area contributed by atoms with Crippen LogP contribution < -0.4 is 0 Å². The zero-order valence-electron chi connectivity index (χ0n) is 11.7. The summed E-state index contributed by atoms with van der Waals surface area (Å²) in [5.74, 6) is 0.799. The van der Waals surface area contributed by atoms with Gasteiger partial charge in [-0.1, -0.05) is 26.7 Å². The van der Waals surface area contributed by atoms with Crippen LogP contribution in [0, 0.1) is 17.8 Å². The Morgan fingerprint density at radius 2 is 2.21 bits per heavy atom. The van der Waals surface area contributed by atoms with Gasteiger partial charge in [0.2, 0.25) is 0 Å². The van der Waals surface area contributed by atoms with Crippen LogP contribution in [0.1, 0.15) is 45.4 Å². The van der Waals surface area contributed by atoms with Crippen LogP contribution in [0.5, 0.6) is 0 Å². The van der Waals surface area contributed by atoms with Crippen molar-refractivity contribution in [1.29, 1.82) is 0 Å². The zero-order valence-corrected chi connectivity index (χ0v) is 11.7. The van der Waals surface area contributed by atoms with Gasteiger partial charge in [-0.3, -0.25) is 4.79 Å². The van der Waals surface area contributed by atoms with Crippen LogP contribution in [0.3, 0.4) is 0 Å². The Balaban J connectivity index is 2.06. The molecule has 1 aromatic heterocycles. The van der Waals surface area contributed by atoms with Crippen molar-refractivity contribution in [3.63, 3.8) is 0 Å². The van der Waals surface area contributed by atoms with E-state index < -0.39 is 5.97 Å². The minimum atomic E-state index is -0.653. The number of carboxylic acid groups (broad SMARTS) is 1. The Morgan fingerprint density at radius 3 is 2.89 bits per heavy atom. The smallest absolute Gasteiger partial charge is 0.306 e. The van der Waals surface area contributed by atoms with E-state index in [-0.39, 0.29) is 11.8 Å². The van der Waals surface area contributed by atoms with Crippen molar-refractivity contribution in [2.75, 3.05) is 0 Å². The summed E-state index contributed by atoms with van der Waals surface area (Å²) in [6, 6.07) is 0. The van der Waals surface area contributed by atoms with E-state index in [0.717, 1.165) is 44.5 Å². The van der Waals surface area contributed by atoms with Crippen molar-refractivity contribution < 1.29 is 9.90 Å². The third kappa shape index (κ3) is 3.55. The molecule has 1 aromatic rings.